The minimum absolute atomic E-state index is 0.0621. The van der Waals surface area contributed by atoms with E-state index in [2.05, 4.69) is 20.6 Å². The van der Waals surface area contributed by atoms with Gasteiger partial charge in [0.05, 0.1) is 18.4 Å². The highest BCUT2D eigenvalue weighted by Crippen LogP contribution is 2.44. The first-order valence-corrected chi connectivity index (χ1v) is 11.0. The first kappa shape index (κ1) is 23.0. The van der Waals surface area contributed by atoms with E-state index >= 15 is 0 Å². The number of aliphatic carboxylic acids is 1. The van der Waals surface area contributed by atoms with Crippen LogP contribution >= 0.6 is 0 Å². The van der Waals surface area contributed by atoms with E-state index in [0.29, 0.717) is 11.5 Å². The molecule has 0 aliphatic heterocycles. The number of aryl methyl sites for hydroxylation is 1. The number of carbonyl (C=O) groups is 3. The van der Waals surface area contributed by atoms with Crippen molar-refractivity contribution in [1.29, 1.82) is 0 Å². The fourth-order valence-corrected chi connectivity index (χ4v) is 4.19. The highest BCUT2D eigenvalue weighted by molar-refractivity contribution is 5.86. The van der Waals surface area contributed by atoms with Crippen LogP contribution in [0.25, 0.3) is 11.1 Å². The highest BCUT2D eigenvalue weighted by Gasteiger charge is 2.30. The molecule has 9 nitrogen and oxygen atoms in total. The van der Waals surface area contributed by atoms with E-state index in [1.807, 2.05) is 48.5 Å². The summed E-state index contributed by atoms with van der Waals surface area (Å²) >= 11 is 0. The number of hydrogen-bond donors (Lipinski definition) is 4. The maximum Gasteiger partial charge on any atom is 0.407 e. The van der Waals surface area contributed by atoms with Gasteiger partial charge in [0.1, 0.15) is 18.5 Å². The molecule has 4 N–H and O–H groups in total. The van der Waals surface area contributed by atoms with Gasteiger partial charge in [0.15, 0.2) is 0 Å². The number of carbonyl (C=O) groups excluding carboxylic acids is 2. The Bertz CT molecular complexity index is 1160. The molecule has 9 heteroatoms. The average molecular weight is 463 g/mol. The molecule has 0 bridgehead atoms. The van der Waals surface area contributed by atoms with Crippen LogP contribution in [0.3, 0.4) is 0 Å². The Balaban J connectivity index is 1.38. The summed E-state index contributed by atoms with van der Waals surface area (Å²) in [5, 5.41) is 14.2. The fourth-order valence-electron chi connectivity index (χ4n) is 4.19. The molecule has 0 radical (unpaired) electrons. The summed E-state index contributed by atoms with van der Waals surface area (Å²) in [5.74, 6) is -0.963. The third-order valence-electron chi connectivity index (χ3n) is 5.81. The Morgan fingerprint density at radius 3 is 2.32 bits per heavy atom. The minimum atomic E-state index is -1.06. The van der Waals surface area contributed by atoms with Gasteiger partial charge in [0, 0.05) is 12.3 Å². The summed E-state index contributed by atoms with van der Waals surface area (Å²) in [6.45, 7) is 2.07. The lowest BCUT2D eigenvalue weighted by molar-refractivity contribution is -0.137. The summed E-state index contributed by atoms with van der Waals surface area (Å²) in [6, 6.07) is 14.9. The Hall–Kier alpha value is -4.14. The molecular formula is C25H26N4O5. The zero-order valence-corrected chi connectivity index (χ0v) is 18.7. The van der Waals surface area contributed by atoms with Gasteiger partial charge in [-0.1, -0.05) is 48.5 Å². The number of alkyl carbamates (subject to hydrolysis) is 1. The van der Waals surface area contributed by atoms with Gasteiger partial charge in [0.2, 0.25) is 5.91 Å². The summed E-state index contributed by atoms with van der Waals surface area (Å²) < 4.78 is 5.50. The second-order valence-corrected chi connectivity index (χ2v) is 8.17. The zero-order valence-electron chi connectivity index (χ0n) is 18.7. The van der Waals surface area contributed by atoms with Crippen molar-refractivity contribution in [1.82, 2.24) is 20.6 Å². The lowest BCUT2D eigenvalue weighted by Crippen LogP contribution is -2.47. The van der Waals surface area contributed by atoms with E-state index in [1.165, 1.54) is 0 Å². The molecule has 2 amide bonds. The number of fused-ring (bicyclic) bond motifs is 3. The van der Waals surface area contributed by atoms with Crippen molar-refractivity contribution < 1.29 is 24.2 Å². The lowest BCUT2D eigenvalue weighted by atomic mass is 9.98. The van der Waals surface area contributed by atoms with Gasteiger partial charge in [-0.2, -0.15) is 0 Å². The highest BCUT2D eigenvalue weighted by atomic mass is 16.5. The SMILES string of the molecule is Cc1ncc(CNC(=O)C(CCC(=O)O)NC(=O)OCC2c3ccccc3-c3ccccc32)[nH]1. The molecule has 34 heavy (non-hydrogen) atoms. The van der Waals surface area contributed by atoms with Gasteiger partial charge < -0.3 is 25.5 Å². The molecule has 0 saturated heterocycles. The predicted octanol–water partition coefficient (Wildman–Crippen LogP) is 3.11. The molecule has 4 rings (SSSR count). The van der Waals surface area contributed by atoms with E-state index in [0.717, 1.165) is 22.3 Å². The van der Waals surface area contributed by atoms with Crippen molar-refractivity contribution in [2.75, 3.05) is 6.61 Å². The van der Waals surface area contributed by atoms with Crippen LogP contribution in [0.2, 0.25) is 0 Å². The average Bonchev–Trinajstić information content (AvgIpc) is 3.39. The number of imidazole rings is 1. The number of nitrogens with one attached hydrogen (secondary N) is 3. The molecule has 0 saturated carbocycles. The molecule has 1 heterocycles. The third-order valence-corrected chi connectivity index (χ3v) is 5.81. The van der Waals surface area contributed by atoms with Crippen molar-refractivity contribution in [2.45, 2.75) is 38.3 Å². The zero-order chi connectivity index (χ0) is 24.1. The number of ether oxygens (including phenoxy) is 1. The van der Waals surface area contributed by atoms with E-state index in [1.54, 1.807) is 13.1 Å². The van der Waals surface area contributed by atoms with Crippen molar-refractivity contribution >= 4 is 18.0 Å². The van der Waals surface area contributed by atoms with Crippen LogP contribution in [0.5, 0.6) is 0 Å². The van der Waals surface area contributed by atoms with Gasteiger partial charge in [-0.3, -0.25) is 9.59 Å². The number of carboxylic acid groups (broad SMARTS) is 1. The van der Waals surface area contributed by atoms with Crippen LogP contribution in [0.1, 0.15) is 41.4 Å². The van der Waals surface area contributed by atoms with E-state index < -0.39 is 24.0 Å². The summed E-state index contributed by atoms with van der Waals surface area (Å²) in [5.41, 5.74) is 5.07. The van der Waals surface area contributed by atoms with Crippen molar-refractivity contribution in [2.24, 2.45) is 0 Å². The Morgan fingerprint density at radius 2 is 1.74 bits per heavy atom. The number of hydrogen-bond acceptors (Lipinski definition) is 5. The number of nitrogens with zero attached hydrogens (tertiary/aromatic N) is 1. The van der Waals surface area contributed by atoms with Gasteiger partial charge in [-0.15, -0.1) is 0 Å². The fraction of sp³-hybridized carbons (Fsp3) is 0.280. The molecule has 1 aliphatic rings. The summed E-state index contributed by atoms with van der Waals surface area (Å²) in [7, 11) is 0. The van der Waals surface area contributed by atoms with Crippen LogP contribution in [0.15, 0.2) is 54.7 Å². The molecule has 1 aromatic heterocycles. The third kappa shape index (κ3) is 5.25. The standard InChI is InChI=1S/C25H26N4O5/c1-15-26-12-16(28-15)13-27-24(32)22(10-11-23(30)31)29-25(33)34-14-21-19-8-4-2-6-17(19)18-7-3-5-9-20(18)21/h2-9,12,21-22H,10-11,13-14H2,1H3,(H,26,28)(H,27,32)(H,29,33)(H,30,31). The van der Waals surface area contributed by atoms with Crippen LogP contribution in [-0.4, -0.2) is 45.7 Å². The molecule has 0 fully saturated rings. The summed E-state index contributed by atoms with van der Waals surface area (Å²) in [4.78, 5) is 43.3. The van der Waals surface area contributed by atoms with Crippen LogP contribution in [-0.2, 0) is 20.9 Å². The van der Waals surface area contributed by atoms with Crippen LogP contribution in [0.4, 0.5) is 4.79 Å². The summed E-state index contributed by atoms with van der Waals surface area (Å²) in [6.07, 6.45) is 0.490. The Morgan fingerprint density at radius 1 is 1.09 bits per heavy atom. The second kappa shape index (κ2) is 10.2. The molecule has 176 valence electrons. The van der Waals surface area contributed by atoms with Gasteiger partial charge in [-0.05, 0) is 35.6 Å². The van der Waals surface area contributed by atoms with Crippen molar-refractivity contribution in [3.05, 3.63) is 77.4 Å². The number of carboxylic acids is 1. The number of aromatic nitrogens is 2. The maximum absolute atomic E-state index is 12.7. The minimum Gasteiger partial charge on any atom is -0.481 e. The Kier molecular flexibility index (Phi) is 6.91. The monoisotopic (exact) mass is 462 g/mol. The van der Waals surface area contributed by atoms with E-state index in [4.69, 9.17) is 9.84 Å². The van der Waals surface area contributed by atoms with Crippen molar-refractivity contribution in [3.8, 4) is 11.1 Å². The quantitative estimate of drug-likeness (QED) is 0.386. The van der Waals surface area contributed by atoms with E-state index in [9.17, 15) is 14.4 Å². The van der Waals surface area contributed by atoms with Crippen molar-refractivity contribution in [3.63, 3.8) is 0 Å². The predicted molar refractivity (Wildman–Crippen MR) is 124 cm³/mol. The topological polar surface area (TPSA) is 133 Å². The van der Waals surface area contributed by atoms with Crippen LogP contribution in [0, 0.1) is 6.92 Å². The number of rotatable bonds is 9. The molecule has 0 spiro atoms. The van der Waals surface area contributed by atoms with Gasteiger partial charge >= 0.3 is 12.1 Å². The van der Waals surface area contributed by atoms with Gasteiger partial charge in [-0.25, -0.2) is 9.78 Å². The molecular weight excluding hydrogens is 436 g/mol. The number of amides is 2. The van der Waals surface area contributed by atoms with Gasteiger partial charge in [0.25, 0.3) is 0 Å². The van der Waals surface area contributed by atoms with Crippen LogP contribution < -0.4 is 10.6 Å². The molecule has 1 atom stereocenters. The second-order valence-electron chi connectivity index (χ2n) is 8.17. The number of aromatic amines is 1. The smallest absolute Gasteiger partial charge is 0.407 e. The van der Waals surface area contributed by atoms with E-state index in [-0.39, 0.29) is 31.9 Å². The maximum atomic E-state index is 12.7. The largest absolute Gasteiger partial charge is 0.481 e. The molecule has 1 unspecified atom stereocenters. The molecule has 1 aliphatic carbocycles. The first-order chi connectivity index (χ1) is 16.4. The molecule has 3 aromatic rings. The Labute approximate surface area is 196 Å². The first-order valence-electron chi connectivity index (χ1n) is 11.0. The number of H-pyrrole nitrogens is 1. The molecule has 2 aromatic carbocycles. The normalized spacial score (nSPS) is 13.0. The lowest BCUT2D eigenvalue weighted by Gasteiger charge is -2.19. The number of benzene rings is 2.